The topological polar surface area (TPSA) is 85.9 Å². The zero-order chi connectivity index (χ0) is 31.9. The molecule has 7 nitrogen and oxygen atoms in total. The Hall–Kier alpha value is -1.47. The quantitative estimate of drug-likeness (QED) is 0.147. The molecule has 3 unspecified atom stereocenters. The van der Waals surface area contributed by atoms with E-state index in [0.29, 0.717) is 25.2 Å². The van der Waals surface area contributed by atoms with Crippen molar-refractivity contribution in [2.24, 2.45) is 5.41 Å². The molecule has 0 bridgehead atoms. The molecule has 2 rings (SSSR count). The van der Waals surface area contributed by atoms with Gasteiger partial charge in [-0.15, -0.1) is 5.09 Å². The molecule has 5 atom stereocenters. The lowest BCUT2D eigenvalue weighted by molar-refractivity contribution is -0.150. The average Bonchev–Trinajstić information content (AvgIpc) is 2.90. The van der Waals surface area contributed by atoms with Crippen LogP contribution in [0, 0.1) is 5.41 Å². The second kappa shape index (κ2) is 15.5. The van der Waals surface area contributed by atoms with Gasteiger partial charge in [0.25, 0.3) is 6.85 Å². The second-order valence-corrected chi connectivity index (χ2v) is 20.4. The van der Waals surface area contributed by atoms with Crippen molar-refractivity contribution in [3.05, 3.63) is 42.5 Å². The molecule has 0 spiro atoms. The first-order valence-corrected chi connectivity index (χ1v) is 19.6. The fourth-order valence-corrected chi connectivity index (χ4v) is 8.29. The van der Waals surface area contributed by atoms with E-state index in [4.69, 9.17) is 37.6 Å². The summed E-state index contributed by atoms with van der Waals surface area (Å²) in [6, 6.07) is 12.7. The van der Waals surface area contributed by atoms with E-state index >= 15 is 0 Å². The number of hydrogen-bond acceptors (Lipinski definition) is 7. The lowest BCUT2D eigenvalue weighted by Crippen LogP contribution is -2.41. The van der Waals surface area contributed by atoms with Crippen LogP contribution in [0.3, 0.4) is 0 Å². The summed E-state index contributed by atoms with van der Waals surface area (Å²) in [4.78, 5) is 25.7. The normalized spacial score (nSPS) is 16.3. The first kappa shape index (κ1) is 36.7. The standard InChI is InChI=1S/C31H49N2O5P2S2/c1-21(2)39(41)32-23(4)29(35)37-22(3)18-19-31(9,10)40(42,33-24(5)28(34)36-20-30(6,7)8)38-27-17-13-15-25-14-11-12-16-26(25)27/h11-17,21-24H,18-20H2,1-10H3,(H,32,41)(H,33,42)/q+1/t22?,23-,24-,40?/m0/s1. The van der Waals surface area contributed by atoms with Crippen LogP contribution in [-0.2, 0) is 42.7 Å². The predicted octanol–water partition coefficient (Wildman–Crippen LogP) is 7.83. The Kier molecular flexibility index (Phi) is 13.6. The lowest BCUT2D eigenvalue weighted by atomic mass is 9.99. The van der Waals surface area contributed by atoms with Gasteiger partial charge in [-0.1, -0.05) is 71.0 Å². The van der Waals surface area contributed by atoms with Crippen molar-refractivity contribution in [3.63, 3.8) is 0 Å². The van der Waals surface area contributed by atoms with E-state index in [1.807, 2.05) is 97.9 Å². The van der Waals surface area contributed by atoms with Crippen molar-refractivity contribution in [3.8, 4) is 5.75 Å². The zero-order valence-corrected chi connectivity index (χ0v) is 30.1. The van der Waals surface area contributed by atoms with E-state index in [2.05, 4.69) is 10.2 Å². The molecule has 0 amide bonds. The van der Waals surface area contributed by atoms with Gasteiger partial charge in [0, 0.05) is 10.5 Å². The van der Waals surface area contributed by atoms with Gasteiger partial charge in [0.15, 0.2) is 18.2 Å². The van der Waals surface area contributed by atoms with Crippen LogP contribution in [0.25, 0.3) is 10.8 Å². The highest BCUT2D eigenvalue weighted by Gasteiger charge is 2.41. The summed E-state index contributed by atoms with van der Waals surface area (Å²) in [6.07, 6.45) is -2.12. The molecule has 0 aliphatic heterocycles. The Bertz CT molecular complexity index is 1290. The maximum atomic E-state index is 13.0. The molecule has 234 valence electrons. The van der Waals surface area contributed by atoms with Crippen LogP contribution in [0.15, 0.2) is 42.5 Å². The van der Waals surface area contributed by atoms with E-state index in [9.17, 15) is 9.59 Å². The molecular formula is C31H49N2O5P2S2+. The molecule has 0 fully saturated rings. The SMILES string of the molecule is CC(CCC(C)(C)P(=S)(N[C@@H](C)C(=O)OCC(C)(C)C)Oc1cccc2ccccc12)OC(=O)[C@H](C)N[P+](=S)C(C)C. The Morgan fingerprint density at radius 2 is 1.55 bits per heavy atom. The van der Waals surface area contributed by atoms with Crippen LogP contribution in [-0.4, -0.2) is 47.5 Å². The molecule has 42 heavy (non-hydrogen) atoms. The number of carbonyl (C=O) groups is 2. The summed E-state index contributed by atoms with van der Waals surface area (Å²) < 4.78 is 18.1. The van der Waals surface area contributed by atoms with E-state index in [0.717, 1.165) is 10.8 Å². The highest BCUT2D eigenvalue weighted by molar-refractivity contribution is 8.12. The molecule has 0 saturated heterocycles. The third-order valence-corrected chi connectivity index (χ3v) is 14.9. The molecule has 0 saturated carbocycles. The van der Waals surface area contributed by atoms with Crippen LogP contribution in [0.4, 0.5) is 0 Å². The van der Waals surface area contributed by atoms with E-state index in [1.165, 1.54) is 0 Å². The van der Waals surface area contributed by atoms with Gasteiger partial charge in [0.05, 0.1) is 12.7 Å². The molecule has 0 aliphatic carbocycles. The number of ether oxygens (including phenoxy) is 2. The Morgan fingerprint density at radius 3 is 2.17 bits per heavy atom. The van der Waals surface area contributed by atoms with E-state index in [1.54, 1.807) is 13.8 Å². The maximum absolute atomic E-state index is 13.0. The van der Waals surface area contributed by atoms with E-state index < -0.39 is 30.5 Å². The molecule has 2 N–H and O–H groups in total. The predicted molar refractivity (Wildman–Crippen MR) is 183 cm³/mol. The molecule has 0 aromatic heterocycles. The highest BCUT2D eigenvalue weighted by atomic mass is 32.4. The molecule has 0 heterocycles. The van der Waals surface area contributed by atoms with Crippen LogP contribution in [0.2, 0.25) is 0 Å². The molecule has 0 aliphatic rings. The lowest BCUT2D eigenvalue weighted by Gasteiger charge is -2.40. The number of fused-ring (bicyclic) bond motifs is 1. The number of hydrogen-bond donors (Lipinski definition) is 2. The number of benzene rings is 2. The van der Waals surface area contributed by atoms with Gasteiger partial charge in [0.2, 0.25) is 0 Å². The maximum Gasteiger partial charge on any atom is 0.327 e. The van der Waals surface area contributed by atoms with Crippen molar-refractivity contribution >= 4 is 59.6 Å². The van der Waals surface area contributed by atoms with Crippen LogP contribution in [0.5, 0.6) is 5.75 Å². The zero-order valence-electron chi connectivity index (χ0n) is 26.7. The van der Waals surface area contributed by atoms with Gasteiger partial charge in [-0.25, -0.2) is 5.09 Å². The van der Waals surface area contributed by atoms with Crippen molar-refractivity contribution in [1.82, 2.24) is 10.2 Å². The Balaban J connectivity index is 2.26. The summed E-state index contributed by atoms with van der Waals surface area (Å²) in [5, 5.41) is 8.00. The minimum atomic E-state index is -2.94. The smallest absolute Gasteiger partial charge is 0.327 e. The number of nitrogens with one attached hydrogen (secondary N) is 2. The number of esters is 2. The van der Waals surface area contributed by atoms with Gasteiger partial charge in [0.1, 0.15) is 23.5 Å². The molecule has 0 radical (unpaired) electrons. The van der Waals surface area contributed by atoms with Crippen LogP contribution < -0.4 is 14.7 Å². The van der Waals surface area contributed by atoms with Crippen molar-refractivity contribution in [2.75, 3.05) is 6.61 Å². The van der Waals surface area contributed by atoms with Gasteiger partial charge >= 0.3 is 11.9 Å². The molecule has 2 aromatic carbocycles. The highest BCUT2D eigenvalue weighted by Crippen LogP contribution is 2.58. The summed E-state index contributed by atoms with van der Waals surface area (Å²) in [6.45, 7) is 19.1. The average molecular weight is 656 g/mol. The second-order valence-electron chi connectivity index (χ2n) is 13.0. The van der Waals surface area contributed by atoms with Crippen molar-refractivity contribution in [1.29, 1.82) is 0 Å². The first-order chi connectivity index (χ1) is 19.3. The van der Waals surface area contributed by atoms with E-state index in [-0.39, 0.29) is 29.1 Å². The van der Waals surface area contributed by atoms with Gasteiger partial charge in [-0.3, -0.25) is 9.59 Å². The fraction of sp³-hybridized carbons (Fsp3) is 0.613. The number of rotatable bonds is 15. The minimum Gasteiger partial charge on any atom is -0.464 e. The van der Waals surface area contributed by atoms with Crippen LogP contribution >= 0.6 is 13.3 Å². The Labute approximate surface area is 263 Å². The Morgan fingerprint density at radius 1 is 0.929 bits per heavy atom. The summed E-state index contributed by atoms with van der Waals surface area (Å²) in [5.74, 6) is -0.0290. The number of carbonyl (C=O) groups excluding carboxylic acids is 2. The molecule has 11 heteroatoms. The van der Waals surface area contributed by atoms with Crippen molar-refractivity contribution in [2.45, 2.75) is 111 Å². The van der Waals surface area contributed by atoms with Gasteiger partial charge in [-0.2, -0.15) is 0 Å². The van der Waals surface area contributed by atoms with Crippen molar-refractivity contribution < 1.29 is 23.6 Å². The third-order valence-electron chi connectivity index (χ3n) is 6.76. The molecular weight excluding hydrogens is 606 g/mol. The van der Waals surface area contributed by atoms with Crippen LogP contribution in [0.1, 0.15) is 82.1 Å². The summed E-state index contributed by atoms with van der Waals surface area (Å²) in [7, 11) is 0. The van der Waals surface area contributed by atoms with Gasteiger partial charge < -0.3 is 14.0 Å². The fourth-order valence-electron chi connectivity index (χ4n) is 3.91. The summed E-state index contributed by atoms with van der Waals surface area (Å²) >= 11 is 11.8. The largest absolute Gasteiger partial charge is 0.464 e. The monoisotopic (exact) mass is 655 g/mol. The first-order valence-electron chi connectivity index (χ1n) is 14.5. The van der Waals surface area contributed by atoms with Gasteiger partial charge in [-0.05, 0) is 76.1 Å². The minimum absolute atomic E-state index is 0.156. The summed E-state index contributed by atoms with van der Waals surface area (Å²) in [5.41, 5.74) is 0.131. The molecule has 2 aromatic rings. The third kappa shape index (κ3) is 10.9.